The molecule has 0 aliphatic heterocycles. The van der Waals surface area contributed by atoms with Crippen molar-refractivity contribution in [3.05, 3.63) is 53.8 Å². The highest BCUT2D eigenvalue weighted by atomic mass is 32.2. The van der Waals surface area contributed by atoms with Crippen LogP contribution in [0.15, 0.2) is 47.4 Å². The van der Waals surface area contributed by atoms with Crippen molar-refractivity contribution in [3.8, 4) is 11.5 Å². The van der Waals surface area contributed by atoms with Gasteiger partial charge < -0.3 is 9.47 Å². The number of esters is 1. The van der Waals surface area contributed by atoms with E-state index in [1.54, 1.807) is 13.8 Å². The first-order valence-corrected chi connectivity index (χ1v) is 8.89. The maximum Gasteiger partial charge on any atom is 0.343 e. The van der Waals surface area contributed by atoms with Gasteiger partial charge in [-0.3, -0.25) is 0 Å². The van der Waals surface area contributed by atoms with Crippen molar-refractivity contribution in [3.63, 3.8) is 0 Å². The molecule has 0 spiro atoms. The zero-order valence-corrected chi connectivity index (χ0v) is 14.8. The summed E-state index contributed by atoms with van der Waals surface area (Å²) in [5.74, 6) is -0.981. The molecule has 0 unspecified atom stereocenters. The van der Waals surface area contributed by atoms with Gasteiger partial charge in [0.25, 0.3) is 0 Å². The number of carbonyl (C=O) groups is 1. The summed E-state index contributed by atoms with van der Waals surface area (Å²) >= 11 is 0. The lowest BCUT2D eigenvalue weighted by molar-refractivity contribution is 0.0734. The van der Waals surface area contributed by atoms with Gasteiger partial charge in [-0.15, -0.1) is 0 Å². The average Bonchev–Trinajstić information content (AvgIpc) is 2.55. The standard InChI is InChI=1S/C17H18FNO5S/c1-11(2)19-25(21,22)16-10-12(4-9-15(16)23-3)17(20)24-14-7-5-13(18)6-8-14/h4-11,19H,1-3H3. The van der Waals surface area contributed by atoms with Crippen molar-refractivity contribution in [2.24, 2.45) is 0 Å². The van der Waals surface area contributed by atoms with Crippen LogP contribution in [0.5, 0.6) is 11.5 Å². The fourth-order valence-corrected chi connectivity index (χ4v) is 3.50. The number of benzene rings is 2. The number of hydrogen-bond donors (Lipinski definition) is 1. The van der Waals surface area contributed by atoms with E-state index in [4.69, 9.17) is 9.47 Å². The number of sulfonamides is 1. The van der Waals surface area contributed by atoms with Crippen molar-refractivity contribution < 1.29 is 27.1 Å². The average molecular weight is 367 g/mol. The van der Waals surface area contributed by atoms with Crippen LogP contribution in [-0.2, 0) is 10.0 Å². The Balaban J connectivity index is 2.34. The molecule has 0 saturated heterocycles. The minimum atomic E-state index is -3.87. The monoisotopic (exact) mass is 367 g/mol. The molecular weight excluding hydrogens is 349 g/mol. The van der Waals surface area contributed by atoms with Gasteiger partial charge in [-0.2, -0.15) is 0 Å². The Labute approximate surface area is 145 Å². The topological polar surface area (TPSA) is 81.7 Å². The second-order valence-corrected chi connectivity index (χ2v) is 7.17. The van der Waals surface area contributed by atoms with E-state index >= 15 is 0 Å². The van der Waals surface area contributed by atoms with E-state index in [9.17, 15) is 17.6 Å². The van der Waals surface area contributed by atoms with Gasteiger partial charge in [0.2, 0.25) is 10.0 Å². The molecule has 0 aromatic heterocycles. The van der Waals surface area contributed by atoms with Crippen LogP contribution in [0, 0.1) is 5.82 Å². The van der Waals surface area contributed by atoms with Crippen molar-refractivity contribution in [1.29, 1.82) is 0 Å². The molecule has 0 fully saturated rings. The lowest BCUT2D eigenvalue weighted by Gasteiger charge is -2.14. The fourth-order valence-electron chi connectivity index (χ4n) is 2.06. The quantitative estimate of drug-likeness (QED) is 0.627. The van der Waals surface area contributed by atoms with E-state index in [0.717, 1.165) is 12.1 Å². The van der Waals surface area contributed by atoms with Crippen LogP contribution in [0.1, 0.15) is 24.2 Å². The van der Waals surface area contributed by atoms with Gasteiger partial charge in [0, 0.05) is 6.04 Å². The molecule has 0 amide bonds. The van der Waals surface area contributed by atoms with E-state index in [-0.39, 0.29) is 28.0 Å². The van der Waals surface area contributed by atoms with Crippen LogP contribution in [0.2, 0.25) is 0 Å². The van der Waals surface area contributed by atoms with E-state index in [1.165, 1.54) is 37.4 Å². The van der Waals surface area contributed by atoms with Gasteiger partial charge >= 0.3 is 5.97 Å². The normalized spacial score (nSPS) is 11.4. The molecule has 2 aromatic carbocycles. The first-order chi connectivity index (χ1) is 11.7. The van der Waals surface area contributed by atoms with Gasteiger partial charge in [0.1, 0.15) is 22.2 Å². The van der Waals surface area contributed by atoms with Crippen molar-refractivity contribution >= 4 is 16.0 Å². The van der Waals surface area contributed by atoms with Gasteiger partial charge in [0.15, 0.2) is 0 Å². The first-order valence-electron chi connectivity index (χ1n) is 7.41. The van der Waals surface area contributed by atoms with E-state index in [2.05, 4.69) is 4.72 Å². The Hall–Kier alpha value is -2.45. The predicted octanol–water partition coefficient (Wildman–Crippen LogP) is 2.74. The lowest BCUT2D eigenvalue weighted by atomic mass is 10.2. The lowest BCUT2D eigenvalue weighted by Crippen LogP contribution is -2.30. The molecule has 0 aliphatic rings. The molecule has 25 heavy (non-hydrogen) atoms. The number of halogens is 1. The highest BCUT2D eigenvalue weighted by molar-refractivity contribution is 7.89. The summed E-state index contributed by atoms with van der Waals surface area (Å²) in [7, 11) is -2.54. The number of ether oxygens (including phenoxy) is 2. The third-order valence-electron chi connectivity index (χ3n) is 3.10. The second kappa shape index (κ2) is 7.62. The maximum atomic E-state index is 12.9. The molecule has 0 radical (unpaired) electrons. The van der Waals surface area contributed by atoms with Gasteiger partial charge in [-0.05, 0) is 56.3 Å². The molecule has 2 rings (SSSR count). The molecule has 0 bridgehead atoms. The van der Waals surface area contributed by atoms with Crippen LogP contribution in [0.3, 0.4) is 0 Å². The smallest absolute Gasteiger partial charge is 0.343 e. The summed E-state index contributed by atoms with van der Waals surface area (Å²) in [6.07, 6.45) is 0. The minimum Gasteiger partial charge on any atom is -0.495 e. The predicted molar refractivity (Wildman–Crippen MR) is 89.8 cm³/mol. The van der Waals surface area contributed by atoms with Crippen molar-refractivity contribution in [2.75, 3.05) is 7.11 Å². The van der Waals surface area contributed by atoms with E-state index < -0.39 is 21.8 Å². The molecule has 0 aliphatic carbocycles. The van der Waals surface area contributed by atoms with E-state index in [1.807, 2.05) is 0 Å². The van der Waals surface area contributed by atoms with Crippen LogP contribution in [-0.4, -0.2) is 27.5 Å². The summed E-state index contributed by atoms with van der Waals surface area (Å²) in [5.41, 5.74) is 0.0225. The summed E-state index contributed by atoms with van der Waals surface area (Å²) in [4.78, 5) is 12.1. The molecular formula is C17H18FNO5S. The Morgan fingerprint density at radius 2 is 1.76 bits per heavy atom. The molecule has 0 atom stereocenters. The van der Waals surface area contributed by atoms with E-state index in [0.29, 0.717) is 0 Å². The van der Waals surface area contributed by atoms with Crippen LogP contribution >= 0.6 is 0 Å². The molecule has 0 saturated carbocycles. The van der Waals surface area contributed by atoms with Crippen molar-refractivity contribution in [1.82, 2.24) is 4.72 Å². The summed E-state index contributed by atoms with van der Waals surface area (Å²) < 4.78 is 50.3. The summed E-state index contributed by atoms with van der Waals surface area (Å²) in [5, 5.41) is 0. The number of nitrogens with one attached hydrogen (secondary N) is 1. The molecule has 8 heteroatoms. The number of hydrogen-bond acceptors (Lipinski definition) is 5. The number of carbonyl (C=O) groups excluding carboxylic acids is 1. The summed E-state index contributed by atoms with van der Waals surface area (Å²) in [6, 6.07) is 8.51. The van der Waals surface area contributed by atoms with Crippen molar-refractivity contribution in [2.45, 2.75) is 24.8 Å². The third-order valence-corrected chi connectivity index (χ3v) is 4.78. The molecule has 2 aromatic rings. The van der Waals surface area contributed by atoms with Gasteiger partial charge in [-0.1, -0.05) is 0 Å². The zero-order valence-electron chi connectivity index (χ0n) is 13.9. The highest BCUT2D eigenvalue weighted by Gasteiger charge is 2.23. The van der Waals surface area contributed by atoms with Crippen LogP contribution in [0.4, 0.5) is 4.39 Å². The van der Waals surface area contributed by atoms with Gasteiger partial charge in [-0.25, -0.2) is 22.3 Å². The Morgan fingerprint density at radius 3 is 2.32 bits per heavy atom. The Bertz CT molecular complexity index is 863. The third kappa shape index (κ3) is 4.77. The highest BCUT2D eigenvalue weighted by Crippen LogP contribution is 2.26. The fraction of sp³-hybridized carbons (Fsp3) is 0.235. The second-order valence-electron chi connectivity index (χ2n) is 5.49. The molecule has 0 heterocycles. The molecule has 1 N–H and O–H groups in total. The van der Waals surface area contributed by atoms with Crippen LogP contribution < -0.4 is 14.2 Å². The largest absolute Gasteiger partial charge is 0.495 e. The Kier molecular flexibility index (Phi) is 5.76. The minimum absolute atomic E-state index is 0.0225. The zero-order chi connectivity index (χ0) is 18.6. The van der Waals surface area contributed by atoms with Gasteiger partial charge in [0.05, 0.1) is 12.7 Å². The maximum absolute atomic E-state index is 12.9. The number of rotatable bonds is 6. The summed E-state index contributed by atoms with van der Waals surface area (Å²) in [6.45, 7) is 3.35. The first kappa shape index (κ1) is 18.9. The van der Waals surface area contributed by atoms with Crippen LogP contribution in [0.25, 0.3) is 0 Å². The molecule has 6 nitrogen and oxygen atoms in total. The Morgan fingerprint density at radius 1 is 1.12 bits per heavy atom. The number of methoxy groups -OCH3 is 1. The molecule has 134 valence electrons. The SMILES string of the molecule is COc1ccc(C(=O)Oc2ccc(F)cc2)cc1S(=O)(=O)NC(C)C.